The summed E-state index contributed by atoms with van der Waals surface area (Å²) < 4.78 is 30.2. The van der Waals surface area contributed by atoms with Gasteiger partial charge in [-0.2, -0.15) is 22.1 Å². The molecule has 1 saturated heterocycles. The second-order valence-electron chi connectivity index (χ2n) is 7.39. The summed E-state index contributed by atoms with van der Waals surface area (Å²) in [5, 5.41) is 4.60. The molecule has 9 heteroatoms. The van der Waals surface area contributed by atoms with Crippen molar-refractivity contribution in [1.29, 1.82) is 0 Å². The van der Waals surface area contributed by atoms with Gasteiger partial charge in [-0.05, 0) is 38.8 Å². The first-order valence-electron chi connectivity index (χ1n) is 9.39. The molecule has 1 amide bonds. The Morgan fingerprint density at radius 2 is 1.96 bits per heavy atom. The van der Waals surface area contributed by atoms with E-state index in [0.717, 1.165) is 12.1 Å². The minimum absolute atomic E-state index is 0.135. The third-order valence-corrected chi connectivity index (χ3v) is 7.35. The van der Waals surface area contributed by atoms with Crippen LogP contribution in [0.25, 0.3) is 5.69 Å². The minimum Gasteiger partial charge on any atom is -0.365 e. The molecule has 2 aromatic rings. The number of carbonyl (C=O) groups excluding carboxylic acids is 1. The normalized spacial score (nSPS) is 18.7. The quantitative estimate of drug-likeness (QED) is 0.791. The highest BCUT2D eigenvalue weighted by molar-refractivity contribution is 7.86. The van der Waals surface area contributed by atoms with Gasteiger partial charge in [0.15, 0.2) is 0 Å². The Morgan fingerprint density at radius 1 is 1.29 bits per heavy atom. The van der Waals surface area contributed by atoms with Crippen LogP contribution >= 0.6 is 0 Å². The van der Waals surface area contributed by atoms with Gasteiger partial charge in [0.1, 0.15) is 0 Å². The molecule has 1 aromatic carbocycles. The molecule has 0 unspecified atom stereocenters. The SMILES string of the molecule is CC(C)N(C)S(=O)(=O)N1CCC[C@@H](c2nn(-c3ccccc3)cc2C(N)=O)C1. The number of amides is 1. The third-order valence-electron chi connectivity index (χ3n) is 5.22. The van der Waals surface area contributed by atoms with Crippen LogP contribution in [0.15, 0.2) is 36.5 Å². The highest BCUT2D eigenvalue weighted by atomic mass is 32.2. The van der Waals surface area contributed by atoms with Gasteiger partial charge in [-0.1, -0.05) is 18.2 Å². The second-order valence-corrected chi connectivity index (χ2v) is 9.38. The van der Waals surface area contributed by atoms with E-state index in [9.17, 15) is 13.2 Å². The summed E-state index contributed by atoms with van der Waals surface area (Å²) in [6.45, 7) is 4.42. The molecule has 1 atom stereocenters. The Bertz CT molecular complexity index is 940. The van der Waals surface area contributed by atoms with Gasteiger partial charge < -0.3 is 5.73 Å². The predicted octanol–water partition coefficient (Wildman–Crippen LogP) is 1.74. The number of aromatic nitrogens is 2. The molecule has 1 aliphatic rings. The Hall–Kier alpha value is -2.23. The van der Waals surface area contributed by atoms with Crippen LogP contribution in [-0.2, 0) is 10.2 Å². The van der Waals surface area contributed by atoms with E-state index in [1.54, 1.807) is 17.9 Å². The molecule has 1 aliphatic heterocycles. The number of rotatable bonds is 6. The van der Waals surface area contributed by atoms with Crippen molar-refractivity contribution < 1.29 is 13.2 Å². The second kappa shape index (κ2) is 8.02. The van der Waals surface area contributed by atoms with Gasteiger partial charge in [-0.25, -0.2) is 4.68 Å². The molecule has 3 rings (SSSR count). The van der Waals surface area contributed by atoms with Gasteiger partial charge in [0.05, 0.1) is 16.9 Å². The van der Waals surface area contributed by atoms with Crippen LogP contribution in [0.4, 0.5) is 0 Å². The van der Waals surface area contributed by atoms with Crippen LogP contribution in [0, 0.1) is 0 Å². The summed E-state index contributed by atoms with van der Waals surface area (Å²) in [6.07, 6.45) is 3.08. The van der Waals surface area contributed by atoms with E-state index in [0.29, 0.717) is 24.2 Å². The fraction of sp³-hybridized carbons (Fsp3) is 0.474. The largest absolute Gasteiger partial charge is 0.365 e. The number of hydrogen-bond acceptors (Lipinski definition) is 4. The van der Waals surface area contributed by atoms with E-state index in [4.69, 9.17) is 5.73 Å². The zero-order valence-electron chi connectivity index (χ0n) is 16.4. The van der Waals surface area contributed by atoms with Crippen molar-refractivity contribution >= 4 is 16.1 Å². The molecule has 28 heavy (non-hydrogen) atoms. The van der Waals surface area contributed by atoms with Gasteiger partial charge in [0.25, 0.3) is 16.1 Å². The van der Waals surface area contributed by atoms with Gasteiger partial charge >= 0.3 is 0 Å². The molecule has 0 saturated carbocycles. The van der Waals surface area contributed by atoms with Crippen LogP contribution in [0.2, 0.25) is 0 Å². The summed E-state index contributed by atoms with van der Waals surface area (Å²) in [7, 11) is -1.98. The maximum Gasteiger partial charge on any atom is 0.281 e. The lowest BCUT2D eigenvalue weighted by atomic mass is 9.93. The van der Waals surface area contributed by atoms with Crippen LogP contribution in [0.1, 0.15) is 48.7 Å². The van der Waals surface area contributed by atoms with Crippen LogP contribution in [0.3, 0.4) is 0 Å². The summed E-state index contributed by atoms with van der Waals surface area (Å²) in [5.41, 5.74) is 7.30. The van der Waals surface area contributed by atoms with Gasteiger partial charge in [-0.3, -0.25) is 4.79 Å². The number of nitrogens with two attached hydrogens (primary N) is 1. The Labute approximate surface area is 166 Å². The van der Waals surface area contributed by atoms with Crippen molar-refractivity contribution in [3.05, 3.63) is 47.8 Å². The zero-order chi connectivity index (χ0) is 20.5. The fourth-order valence-corrected chi connectivity index (χ4v) is 5.04. The first-order valence-corrected chi connectivity index (χ1v) is 10.8. The fourth-order valence-electron chi connectivity index (χ4n) is 3.42. The van der Waals surface area contributed by atoms with Gasteiger partial charge in [0.2, 0.25) is 0 Å². The molecule has 2 N–H and O–H groups in total. The predicted molar refractivity (Wildman–Crippen MR) is 107 cm³/mol. The molecule has 0 radical (unpaired) electrons. The van der Waals surface area contributed by atoms with Crippen LogP contribution < -0.4 is 5.73 Å². The van der Waals surface area contributed by atoms with E-state index in [1.165, 1.54) is 8.61 Å². The minimum atomic E-state index is -3.56. The summed E-state index contributed by atoms with van der Waals surface area (Å²) in [4.78, 5) is 12.0. The Balaban J connectivity index is 1.93. The number of hydrogen-bond donors (Lipinski definition) is 1. The number of primary amides is 1. The van der Waals surface area contributed by atoms with E-state index in [2.05, 4.69) is 5.10 Å². The molecular weight excluding hydrogens is 378 g/mol. The monoisotopic (exact) mass is 405 g/mol. The number of nitrogens with zero attached hydrogens (tertiary/aromatic N) is 4. The van der Waals surface area contributed by atoms with Crippen molar-refractivity contribution in [2.75, 3.05) is 20.1 Å². The molecule has 0 spiro atoms. The maximum absolute atomic E-state index is 12.9. The molecule has 0 aliphatic carbocycles. The molecule has 152 valence electrons. The Morgan fingerprint density at radius 3 is 2.57 bits per heavy atom. The van der Waals surface area contributed by atoms with Crippen LogP contribution in [-0.4, -0.2) is 58.9 Å². The lowest BCUT2D eigenvalue weighted by Crippen LogP contribution is -2.48. The molecule has 8 nitrogen and oxygen atoms in total. The molecule has 1 fully saturated rings. The highest BCUT2D eigenvalue weighted by Gasteiger charge is 2.35. The van der Waals surface area contributed by atoms with E-state index in [-0.39, 0.29) is 18.5 Å². The lowest BCUT2D eigenvalue weighted by Gasteiger charge is -2.35. The first-order chi connectivity index (χ1) is 13.2. The van der Waals surface area contributed by atoms with Gasteiger partial charge in [-0.15, -0.1) is 0 Å². The summed E-state index contributed by atoms with van der Waals surface area (Å²) >= 11 is 0. The molecule has 0 bridgehead atoms. The highest BCUT2D eigenvalue weighted by Crippen LogP contribution is 2.31. The van der Waals surface area contributed by atoms with E-state index >= 15 is 0 Å². The number of carbonyl (C=O) groups is 1. The average Bonchev–Trinajstić information content (AvgIpc) is 3.14. The van der Waals surface area contributed by atoms with Crippen molar-refractivity contribution in [3.63, 3.8) is 0 Å². The van der Waals surface area contributed by atoms with Crippen molar-refractivity contribution in [1.82, 2.24) is 18.4 Å². The van der Waals surface area contributed by atoms with E-state index < -0.39 is 16.1 Å². The Kier molecular flexibility index (Phi) is 5.87. The number of benzene rings is 1. The average molecular weight is 406 g/mol. The standard InChI is InChI=1S/C19H27N5O3S/c1-14(2)22(3)28(26,27)23-11-7-8-15(12-23)18-17(19(20)25)13-24(21-18)16-9-5-4-6-10-16/h4-6,9-10,13-15H,7-8,11-12H2,1-3H3,(H2,20,25)/t15-/m1/s1. The van der Waals surface area contributed by atoms with Gasteiger partial charge in [0, 0.05) is 38.3 Å². The number of piperidine rings is 1. The summed E-state index contributed by atoms with van der Waals surface area (Å²) in [5.74, 6) is -0.743. The molecule has 1 aromatic heterocycles. The third kappa shape index (κ3) is 3.96. The lowest BCUT2D eigenvalue weighted by molar-refractivity contribution is 0.0998. The smallest absolute Gasteiger partial charge is 0.281 e. The van der Waals surface area contributed by atoms with Crippen LogP contribution in [0.5, 0.6) is 0 Å². The zero-order valence-corrected chi connectivity index (χ0v) is 17.3. The van der Waals surface area contributed by atoms with Crippen molar-refractivity contribution in [2.45, 2.75) is 38.6 Å². The molecule has 2 heterocycles. The molecular formula is C19H27N5O3S. The number of para-hydroxylation sites is 1. The summed E-state index contributed by atoms with van der Waals surface area (Å²) in [6, 6.07) is 9.31. The van der Waals surface area contributed by atoms with Crippen molar-refractivity contribution in [2.24, 2.45) is 5.73 Å². The topological polar surface area (TPSA) is 102 Å². The maximum atomic E-state index is 12.9. The first kappa shape index (κ1) is 20.5. The van der Waals surface area contributed by atoms with Crippen molar-refractivity contribution in [3.8, 4) is 5.69 Å². The van der Waals surface area contributed by atoms with E-state index in [1.807, 2.05) is 44.2 Å².